The van der Waals surface area contributed by atoms with Crippen LogP contribution in [0.1, 0.15) is 48.5 Å². The average molecular weight is 498 g/mol. The minimum Gasteiger partial charge on any atom is -0.376 e. The van der Waals surface area contributed by atoms with Gasteiger partial charge in [0.1, 0.15) is 0 Å². The van der Waals surface area contributed by atoms with Crippen molar-refractivity contribution in [2.24, 2.45) is 11.3 Å². The summed E-state index contributed by atoms with van der Waals surface area (Å²) < 4.78 is 0. The van der Waals surface area contributed by atoms with E-state index in [-0.39, 0.29) is 11.8 Å². The molecule has 1 saturated carbocycles. The van der Waals surface area contributed by atoms with Crippen molar-refractivity contribution >= 4 is 29.1 Å². The normalized spacial score (nSPS) is 20.3. The van der Waals surface area contributed by atoms with E-state index in [1.54, 1.807) is 45.1 Å². The summed E-state index contributed by atoms with van der Waals surface area (Å²) in [6.45, 7) is 4.15. The highest BCUT2D eigenvalue weighted by atomic mass is 35.5. The van der Waals surface area contributed by atoms with Gasteiger partial charge in [-0.15, -0.1) is 0 Å². The second kappa shape index (κ2) is 9.82. The van der Waals surface area contributed by atoms with Crippen molar-refractivity contribution in [1.29, 1.82) is 0 Å². The lowest BCUT2D eigenvalue weighted by molar-refractivity contribution is -0.149. The van der Waals surface area contributed by atoms with Gasteiger partial charge in [0.2, 0.25) is 0 Å². The number of aliphatic hydroxyl groups is 1. The first-order valence-electron chi connectivity index (χ1n) is 12.3. The SMILES string of the molecule is CN(C)C(=O)c1ccc(N2CCC3(CC2)CC3CCN(C)C(=O)[C@](C)(O)c2ccccc2)cc1Cl. The first-order valence-corrected chi connectivity index (χ1v) is 12.7. The van der Waals surface area contributed by atoms with Crippen LogP contribution in [0, 0.1) is 11.3 Å². The van der Waals surface area contributed by atoms with Crippen molar-refractivity contribution in [2.45, 2.75) is 38.2 Å². The number of likely N-dealkylation sites (N-methyl/N-ethyl adjacent to an activating group) is 1. The van der Waals surface area contributed by atoms with Gasteiger partial charge in [-0.1, -0.05) is 41.9 Å². The Bertz CT molecular complexity index is 1080. The summed E-state index contributed by atoms with van der Waals surface area (Å²) in [6, 6.07) is 14.8. The quantitative estimate of drug-likeness (QED) is 0.615. The third-order valence-electron chi connectivity index (χ3n) is 7.98. The predicted molar refractivity (Wildman–Crippen MR) is 140 cm³/mol. The molecule has 7 heteroatoms. The molecule has 1 N–H and O–H groups in total. The Morgan fingerprint density at radius 2 is 1.77 bits per heavy atom. The third kappa shape index (κ3) is 5.19. The number of hydrogen-bond donors (Lipinski definition) is 1. The molecule has 35 heavy (non-hydrogen) atoms. The first kappa shape index (κ1) is 25.5. The zero-order valence-electron chi connectivity index (χ0n) is 21.1. The lowest BCUT2D eigenvalue weighted by atomic mass is 9.89. The number of carbonyl (C=O) groups excluding carboxylic acids is 2. The van der Waals surface area contributed by atoms with Gasteiger partial charge < -0.3 is 19.8 Å². The van der Waals surface area contributed by atoms with Gasteiger partial charge in [-0.3, -0.25) is 9.59 Å². The number of nitrogens with zero attached hydrogens (tertiary/aromatic N) is 3. The van der Waals surface area contributed by atoms with E-state index >= 15 is 0 Å². The number of hydrogen-bond acceptors (Lipinski definition) is 4. The lowest BCUT2D eigenvalue weighted by Gasteiger charge is -2.35. The Morgan fingerprint density at radius 3 is 2.37 bits per heavy atom. The van der Waals surface area contributed by atoms with E-state index in [9.17, 15) is 14.7 Å². The Labute approximate surface area is 213 Å². The van der Waals surface area contributed by atoms with Crippen LogP contribution in [0.4, 0.5) is 5.69 Å². The topological polar surface area (TPSA) is 64.1 Å². The van der Waals surface area contributed by atoms with E-state index in [4.69, 9.17) is 11.6 Å². The summed E-state index contributed by atoms with van der Waals surface area (Å²) in [5.41, 5.74) is 1.06. The maximum atomic E-state index is 12.9. The molecule has 1 saturated heterocycles. The fourth-order valence-corrected chi connectivity index (χ4v) is 5.74. The van der Waals surface area contributed by atoms with Crippen LogP contribution in [-0.2, 0) is 10.4 Å². The molecule has 2 amide bonds. The smallest absolute Gasteiger partial charge is 0.258 e. The highest BCUT2D eigenvalue weighted by molar-refractivity contribution is 6.34. The summed E-state index contributed by atoms with van der Waals surface area (Å²) in [6.07, 6.45) is 4.40. The fraction of sp³-hybridized carbons (Fsp3) is 0.500. The van der Waals surface area contributed by atoms with Crippen LogP contribution in [0.2, 0.25) is 5.02 Å². The largest absolute Gasteiger partial charge is 0.376 e. The van der Waals surface area contributed by atoms with Gasteiger partial charge in [-0.25, -0.2) is 0 Å². The molecule has 1 heterocycles. The lowest BCUT2D eigenvalue weighted by Crippen LogP contribution is -2.43. The van der Waals surface area contributed by atoms with Crippen molar-refractivity contribution in [2.75, 3.05) is 45.7 Å². The number of rotatable bonds is 7. The van der Waals surface area contributed by atoms with Crippen molar-refractivity contribution in [3.8, 4) is 0 Å². The van der Waals surface area contributed by atoms with E-state index in [1.165, 1.54) is 11.3 Å². The van der Waals surface area contributed by atoms with Crippen LogP contribution in [0.3, 0.4) is 0 Å². The van der Waals surface area contributed by atoms with Crippen LogP contribution >= 0.6 is 11.6 Å². The molecular weight excluding hydrogens is 462 g/mol. The fourth-order valence-electron chi connectivity index (χ4n) is 5.49. The van der Waals surface area contributed by atoms with E-state index in [0.29, 0.717) is 34.0 Å². The molecule has 1 aliphatic carbocycles. The zero-order chi connectivity index (χ0) is 25.4. The number of halogens is 1. The highest BCUT2D eigenvalue weighted by Crippen LogP contribution is 2.61. The van der Waals surface area contributed by atoms with Crippen molar-refractivity contribution in [3.05, 3.63) is 64.7 Å². The zero-order valence-corrected chi connectivity index (χ0v) is 21.9. The second-order valence-electron chi connectivity index (χ2n) is 10.6. The van der Waals surface area contributed by atoms with E-state index < -0.39 is 5.60 Å². The predicted octanol–water partition coefficient (Wildman–Crippen LogP) is 4.40. The number of anilines is 1. The van der Waals surface area contributed by atoms with Crippen LogP contribution < -0.4 is 4.90 Å². The molecule has 188 valence electrons. The van der Waals surface area contributed by atoms with Gasteiger partial charge in [0, 0.05) is 46.5 Å². The first-order chi connectivity index (χ1) is 16.5. The number of benzene rings is 2. The van der Waals surface area contributed by atoms with Crippen molar-refractivity contribution < 1.29 is 14.7 Å². The monoisotopic (exact) mass is 497 g/mol. The molecule has 2 fully saturated rings. The van der Waals surface area contributed by atoms with E-state index in [1.807, 2.05) is 36.4 Å². The maximum absolute atomic E-state index is 12.9. The molecule has 2 aromatic carbocycles. The molecule has 0 bridgehead atoms. The molecule has 0 radical (unpaired) electrons. The summed E-state index contributed by atoms with van der Waals surface area (Å²) in [5.74, 6) is 0.264. The van der Waals surface area contributed by atoms with Crippen LogP contribution in [0.15, 0.2) is 48.5 Å². The standard InChI is InChI=1S/C28H36ClN3O3/c1-27(35,20-8-6-5-7-9-20)26(34)31(4)15-12-21-19-28(21)13-16-32(17-14-28)22-10-11-23(24(29)18-22)25(33)30(2)3/h5-11,18,21,35H,12-17,19H2,1-4H3/t21?,27-/m1/s1. The molecule has 0 aromatic heterocycles. The number of piperidine rings is 1. The van der Waals surface area contributed by atoms with Gasteiger partial charge >= 0.3 is 0 Å². The number of amides is 2. The Balaban J connectivity index is 1.28. The van der Waals surface area contributed by atoms with Gasteiger partial charge in [-0.2, -0.15) is 0 Å². The Kier molecular flexibility index (Phi) is 7.16. The Hall–Kier alpha value is -2.57. The van der Waals surface area contributed by atoms with E-state index in [2.05, 4.69) is 4.90 Å². The van der Waals surface area contributed by atoms with Crippen LogP contribution in [0.25, 0.3) is 0 Å². The molecule has 2 aliphatic rings. The number of carbonyl (C=O) groups is 2. The average Bonchev–Trinajstić information content (AvgIpc) is 3.53. The molecule has 1 aliphatic heterocycles. The highest BCUT2D eigenvalue weighted by Gasteiger charge is 2.54. The molecule has 1 spiro atoms. The van der Waals surface area contributed by atoms with Crippen LogP contribution in [0.5, 0.6) is 0 Å². The summed E-state index contributed by atoms with van der Waals surface area (Å²) >= 11 is 6.42. The summed E-state index contributed by atoms with van der Waals surface area (Å²) in [5, 5.41) is 11.3. The summed E-state index contributed by atoms with van der Waals surface area (Å²) in [4.78, 5) is 30.7. The van der Waals surface area contributed by atoms with Crippen LogP contribution in [-0.4, -0.2) is 67.5 Å². The van der Waals surface area contributed by atoms with Gasteiger partial charge in [-0.05, 0) is 67.7 Å². The minimum absolute atomic E-state index is 0.0892. The molecular formula is C28H36ClN3O3. The molecule has 2 aromatic rings. The van der Waals surface area contributed by atoms with Crippen molar-refractivity contribution in [3.63, 3.8) is 0 Å². The van der Waals surface area contributed by atoms with Gasteiger partial charge in [0.15, 0.2) is 5.60 Å². The molecule has 4 rings (SSSR count). The Morgan fingerprint density at radius 1 is 1.11 bits per heavy atom. The van der Waals surface area contributed by atoms with E-state index in [0.717, 1.165) is 38.0 Å². The van der Waals surface area contributed by atoms with Gasteiger partial charge in [0.05, 0.1) is 10.6 Å². The molecule has 2 atom stereocenters. The molecule has 6 nitrogen and oxygen atoms in total. The van der Waals surface area contributed by atoms with Crippen molar-refractivity contribution in [1.82, 2.24) is 9.80 Å². The minimum atomic E-state index is -1.52. The molecule has 1 unspecified atom stereocenters. The summed E-state index contributed by atoms with van der Waals surface area (Å²) in [7, 11) is 5.23. The maximum Gasteiger partial charge on any atom is 0.258 e. The third-order valence-corrected chi connectivity index (χ3v) is 8.30. The second-order valence-corrected chi connectivity index (χ2v) is 11.0. The van der Waals surface area contributed by atoms with Gasteiger partial charge in [0.25, 0.3) is 11.8 Å².